The Morgan fingerprint density at radius 2 is 2.07 bits per heavy atom. The zero-order chi connectivity index (χ0) is 20.4. The van der Waals surface area contributed by atoms with Gasteiger partial charge in [0.05, 0.1) is 6.54 Å². The standard InChI is InChI=1S/C20H30FN5O2.HI/c1-5-22-20(23-11-7-10-18-25-19(14(2)3)26-28-18)24-13-15(4)27-17-9-6-8-16(21)12-17;/h6,8-9,12,14-15H,5,7,10-11,13H2,1-4H3,(H2,22,23,24);1H. The number of aryl methyl sites for hydroxylation is 1. The van der Waals surface area contributed by atoms with Crippen molar-refractivity contribution in [3.05, 3.63) is 41.8 Å². The van der Waals surface area contributed by atoms with Crippen LogP contribution in [0.3, 0.4) is 0 Å². The smallest absolute Gasteiger partial charge is 0.226 e. The maximum Gasteiger partial charge on any atom is 0.226 e. The number of aliphatic imine (C=N–C) groups is 1. The lowest BCUT2D eigenvalue weighted by Crippen LogP contribution is -2.38. The molecule has 0 aliphatic carbocycles. The van der Waals surface area contributed by atoms with Crippen LogP contribution in [0, 0.1) is 5.82 Å². The lowest BCUT2D eigenvalue weighted by Gasteiger charge is -2.15. The third-order valence-corrected chi connectivity index (χ3v) is 3.84. The van der Waals surface area contributed by atoms with E-state index >= 15 is 0 Å². The third kappa shape index (κ3) is 9.42. The number of guanidine groups is 1. The van der Waals surface area contributed by atoms with Crippen molar-refractivity contribution < 1.29 is 13.7 Å². The molecule has 29 heavy (non-hydrogen) atoms. The van der Waals surface area contributed by atoms with Gasteiger partial charge in [-0.2, -0.15) is 4.98 Å². The molecule has 1 aromatic heterocycles. The first kappa shape index (κ1) is 25.1. The summed E-state index contributed by atoms with van der Waals surface area (Å²) in [5, 5.41) is 10.5. The fraction of sp³-hybridized carbons (Fsp3) is 0.550. The van der Waals surface area contributed by atoms with Gasteiger partial charge in [-0.05, 0) is 32.4 Å². The number of nitrogens with zero attached hydrogens (tertiary/aromatic N) is 3. The summed E-state index contributed by atoms with van der Waals surface area (Å²) in [6.45, 7) is 9.92. The first-order chi connectivity index (χ1) is 13.5. The molecule has 2 aromatic rings. The molecule has 1 unspecified atom stereocenters. The average Bonchev–Trinajstić information content (AvgIpc) is 3.12. The van der Waals surface area contributed by atoms with E-state index in [0.717, 1.165) is 25.3 Å². The van der Waals surface area contributed by atoms with Crippen molar-refractivity contribution in [3.8, 4) is 5.75 Å². The van der Waals surface area contributed by atoms with E-state index in [1.165, 1.54) is 12.1 Å². The SMILES string of the molecule is CCNC(=NCC(C)Oc1cccc(F)c1)NCCCc1nc(C(C)C)no1.I. The van der Waals surface area contributed by atoms with Crippen LogP contribution in [-0.4, -0.2) is 41.8 Å². The maximum atomic E-state index is 13.2. The van der Waals surface area contributed by atoms with Gasteiger partial charge < -0.3 is 19.9 Å². The molecule has 1 aromatic carbocycles. The molecular weight excluding hydrogens is 488 g/mol. The molecular formula is C20H31FIN5O2. The Labute approximate surface area is 188 Å². The normalized spacial score (nSPS) is 12.4. The molecule has 162 valence electrons. The third-order valence-electron chi connectivity index (χ3n) is 3.84. The van der Waals surface area contributed by atoms with Crippen molar-refractivity contribution in [2.24, 2.45) is 4.99 Å². The Kier molecular flexibility index (Phi) is 11.6. The number of nitrogens with one attached hydrogen (secondary N) is 2. The topological polar surface area (TPSA) is 84.6 Å². The predicted octanol–water partition coefficient (Wildman–Crippen LogP) is 3.91. The van der Waals surface area contributed by atoms with E-state index in [1.807, 2.05) is 27.7 Å². The number of ether oxygens (including phenoxy) is 1. The highest BCUT2D eigenvalue weighted by Gasteiger charge is 2.09. The van der Waals surface area contributed by atoms with Gasteiger partial charge in [0.25, 0.3) is 0 Å². The lowest BCUT2D eigenvalue weighted by molar-refractivity contribution is 0.229. The second-order valence-corrected chi connectivity index (χ2v) is 6.84. The molecule has 7 nitrogen and oxygen atoms in total. The second-order valence-electron chi connectivity index (χ2n) is 6.84. The minimum absolute atomic E-state index is 0. The Morgan fingerprint density at radius 3 is 2.72 bits per heavy atom. The molecule has 0 amide bonds. The zero-order valence-corrected chi connectivity index (χ0v) is 19.8. The summed E-state index contributed by atoms with van der Waals surface area (Å²) in [5.74, 6) is 2.56. The minimum Gasteiger partial charge on any atom is -0.489 e. The van der Waals surface area contributed by atoms with Crippen molar-refractivity contribution in [2.75, 3.05) is 19.6 Å². The van der Waals surface area contributed by atoms with Crippen LogP contribution in [0.2, 0.25) is 0 Å². The van der Waals surface area contributed by atoms with E-state index in [4.69, 9.17) is 9.26 Å². The molecule has 1 heterocycles. The average molecular weight is 519 g/mol. The number of halogens is 2. The Hall–Kier alpha value is -1.91. The summed E-state index contributed by atoms with van der Waals surface area (Å²) in [4.78, 5) is 8.90. The molecule has 0 saturated heterocycles. The van der Waals surface area contributed by atoms with Crippen molar-refractivity contribution in [3.63, 3.8) is 0 Å². The Bertz CT molecular complexity index is 754. The van der Waals surface area contributed by atoms with Crippen LogP contribution in [0.5, 0.6) is 5.75 Å². The summed E-state index contributed by atoms with van der Waals surface area (Å²) < 4.78 is 24.2. The zero-order valence-electron chi connectivity index (χ0n) is 17.4. The van der Waals surface area contributed by atoms with Crippen LogP contribution in [-0.2, 0) is 6.42 Å². The first-order valence-corrected chi connectivity index (χ1v) is 9.74. The van der Waals surface area contributed by atoms with E-state index in [-0.39, 0.29) is 41.8 Å². The Morgan fingerprint density at radius 1 is 1.28 bits per heavy atom. The molecule has 2 rings (SSSR count). The van der Waals surface area contributed by atoms with Crippen molar-refractivity contribution in [1.29, 1.82) is 0 Å². The van der Waals surface area contributed by atoms with Gasteiger partial charge in [-0.1, -0.05) is 25.1 Å². The maximum absolute atomic E-state index is 13.2. The van der Waals surface area contributed by atoms with Gasteiger partial charge in [0.15, 0.2) is 11.8 Å². The summed E-state index contributed by atoms with van der Waals surface area (Å²) in [5.41, 5.74) is 0. The van der Waals surface area contributed by atoms with Crippen molar-refractivity contribution >= 4 is 29.9 Å². The number of benzene rings is 1. The molecule has 0 bridgehead atoms. The largest absolute Gasteiger partial charge is 0.489 e. The fourth-order valence-corrected chi connectivity index (χ4v) is 2.42. The highest BCUT2D eigenvalue weighted by Crippen LogP contribution is 2.14. The molecule has 0 saturated carbocycles. The van der Waals surface area contributed by atoms with E-state index < -0.39 is 0 Å². The number of aromatic nitrogens is 2. The summed E-state index contributed by atoms with van der Waals surface area (Å²) >= 11 is 0. The van der Waals surface area contributed by atoms with Gasteiger partial charge in [-0.15, -0.1) is 24.0 Å². The van der Waals surface area contributed by atoms with Gasteiger partial charge in [-0.3, -0.25) is 0 Å². The van der Waals surface area contributed by atoms with Crippen LogP contribution in [0.1, 0.15) is 51.7 Å². The van der Waals surface area contributed by atoms with E-state index in [1.54, 1.807) is 12.1 Å². The summed E-state index contributed by atoms with van der Waals surface area (Å²) in [7, 11) is 0. The molecule has 0 fully saturated rings. The van der Waals surface area contributed by atoms with Gasteiger partial charge in [0.2, 0.25) is 5.89 Å². The highest BCUT2D eigenvalue weighted by atomic mass is 127. The second kappa shape index (κ2) is 13.3. The quantitative estimate of drug-likeness (QED) is 0.215. The number of rotatable bonds is 10. The number of hydrogen-bond acceptors (Lipinski definition) is 5. The monoisotopic (exact) mass is 519 g/mol. The molecule has 0 aliphatic rings. The fourth-order valence-electron chi connectivity index (χ4n) is 2.42. The van der Waals surface area contributed by atoms with E-state index in [9.17, 15) is 4.39 Å². The van der Waals surface area contributed by atoms with Crippen molar-refractivity contribution in [2.45, 2.75) is 52.6 Å². The van der Waals surface area contributed by atoms with Crippen LogP contribution >= 0.6 is 24.0 Å². The first-order valence-electron chi connectivity index (χ1n) is 9.74. The van der Waals surface area contributed by atoms with Gasteiger partial charge in [-0.25, -0.2) is 9.38 Å². The molecule has 9 heteroatoms. The predicted molar refractivity (Wildman–Crippen MR) is 123 cm³/mol. The van der Waals surface area contributed by atoms with Crippen LogP contribution in [0.25, 0.3) is 0 Å². The molecule has 2 N–H and O–H groups in total. The molecule has 1 atom stereocenters. The van der Waals surface area contributed by atoms with Crippen molar-refractivity contribution in [1.82, 2.24) is 20.8 Å². The summed E-state index contributed by atoms with van der Waals surface area (Å²) in [6.07, 6.45) is 1.38. The van der Waals surface area contributed by atoms with Crippen LogP contribution < -0.4 is 15.4 Å². The minimum atomic E-state index is -0.315. The molecule has 0 spiro atoms. The molecule has 0 radical (unpaired) electrons. The van der Waals surface area contributed by atoms with Gasteiger partial charge in [0, 0.05) is 31.5 Å². The van der Waals surface area contributed by atoms with E-state index in [2.05, 4.69) is 25.8 Å². The Balaban J connectivity index is 0.00000420. The lowest BCUT2D eigenvalue weighted by atomic mass is 10.2. The molecule has 0 aliphatic heterocycles. The number of hydrogen-bond donors (Lipinski definition) is 2. The highest BCUT2D eigenvalue weighted by molar-refractivity contribution is 14.0. The summed E-state index contributed by atoms with van der Waals surface area (Å²) in [6, 6.07) is 6.11. The van der Waals surface area contributed by atoms with Crippen LogP contribution in [0.15, 0.2) is 33.8 Å². The van der Waals surface area contributed by atoms with Crippen LogP contribution in [0.4, 0.5) is 4.39 Å². The van der Waals surface area contributed by atoms with E-state index in [0.29, 0.717) is 30.6 Å². The van der Waals surface area contributed by atoms with Gasteiger partial charge >= 0.3 is 0 Å². The van der Waals surface area contributed by atoms with Gasteiger partial charge in [0.1, 0.15) is 17.7 Å².